The lowest BCUT2D eigenvalue weighted by Crippen LogP contribution is -2.15. The number of benzene rings is 2. The molecule has 2 heteroatoms. The van der Waals surface area contributed by atoms with Gasteiger partial charge in [-0.3, -0.25) is 4.79 Å². The van der Waals surface area contributed by atoms with Crippen molar-refractivity contribution < 1.29 is 4.79 Å². The van der Waals surface area contributed by atoms with Gasteiger partial charge in [0, 0.05) is 11.3 Å². The van der Waals surface area contributed by atoms with Crippen molar-refractivity contribution in [2.45, 2.75) is 32.6 Å². The molecular formula is C18H19NO. The molecule has 0 heterocycles. The second kappa shape index (κ2) is 5.49. The monoisotopic (exact) mass is 265 g/mol. The third-order valence-corrected chi connectivity index (χ3v) is 3.89. The van der Waals surface area contributed by atoms with Crippen molar-refractivity contribution >= 4 is 11.6 Å². The van der Waals surface area contributed by atoms with Gasteiger partial charge in [-0.25, -0.2) is 0 Å². The van der Waals surface area contributed by atoms with Crippen LogP contribution >= 0.6 is 0 Å². The third kappa shape index (κ3) is 2.60. The number of carbonyl (C=O) groups excluding carboxylic acids is 1. The summed E-state index contributed by atoms with van der Waals surface area (Å²) in [7, 11) is 0. The molecule has 2 nitrogen and oxygen atoms in total. The van der Waals surface area contributed by atoms with E-state index in [-0.39, 0.29) is 5.91 Å². The number of carbonyl (C=O) groups is 1. The van der Waals surface area contributed by atoms with Crippen molar-refractivity contribution in [3.63, 3.8) is 0 Å². The van der Waals surface area contributed by atoms with Crippen LogP contribution in [0.3, 0.4) is 0 Å². The molecule has 2 aromatic carbocycles. The largest absolute Gasteiger partial charge is 0.322 e. The van der Waals surface area contributed by atoms with Crippen molar-refractivity contribution in [1.29, 1.82) is 0 Å². The minimum absolute atomic E-state index is 0.0241. The average Bonchev–Trinajstić information content (AvgIpc) is 2.48. The van der Waals surface area contributed by atoms with Crippen LogP contribution in [-0.2, 0) is 12.8 Å². The fraction of sp³-hybridized carbons (Fsp3) is 0.278. The summed E-state index contributed by atoms with van der Waals surface area (Å²) >= 11 is 0. The normalized spacial score (nSPS) is 13.7. The predicted molar refractivity (Wildman–Crippen MR) is 82.2 cm³/mol. The van der Waals surface area contributed by atoms with Crippen molar-refractivity contribution in [2.24, 2.45) is 0 Å². The van der Waals surface area contributed by atoms with Gasteiger partial charge in [0.15, 0.2) is 0 Å². The first-order valence-electron chi connectivity index (χ1n) is 7.23. The van der Waals surface area contributed by atoms with E-state index in [1.165, 1.54) is 29.5 Å². The summed E-state index contributed by atoms with van der Waals surface area (Å²) in [4.78, 5) is 12.3. The van der Waals surface area contributed by atoms with Crippen LogP contribution in [0.5, 0.6) is 0 Å². The summed E-state index contributed by atoms with van der Waals surface area (Å²) in [6, 6.07) is 13.7. The van der Waals surface area contributed by atoms with Crippen LogP contribution in [0, 0.1) is 6.92 Å². The average molecular weight is 265 g/mol. The quantitative estimate of drug-likeness (QED) is 0.869. The van der Waals surface area contributed by atoms with E-state index in [4.69, 9.17) is 0 Å². The molecule has 0 radical (unpaired) electrons. The molecule has 20 heavy (non-hydrogen) atoms. The Morgan fingerprint density at radius 2 is 1.80 bits per heavy atom. The highest BCUT2D eigenvalue weighted by molar-refractivity contribution is 6.04. The van der Waals surface area contributed by atoms with Gasteiger partial charge in [0.2, 0.25) is 0 Å². The molecule has 2 aromatic rings. The van der Waals surface area contributed by atoms with E-state index in [1.54, 1.807) is 0 Å². The SMILES string of the molecule is Cc1cc2c(c(NC(=O)c3ccccc3)c1)CCCC2. The Labute approximate surface area is 119 Å². The fourth-order valence-corrected chi connectivity index (χ4v) is 2.92. The molecule has 1 N–H and O–H groups in total. The zero-order chi connectivity index (χ0) is 13.9. The summed E-state index contributed by atoms with van der Waals surface area (Å²) in [5.41, 5.74) is 5.65. The molecule has 0 fully saturated rings. The second-order valence-electron chi connectivity index (χ2n) is 5.48. The van der Waals surface area contributed by atoms with Gasteiger partial charge in [0.05, 0.1) is 0 Å². The van der Waals surface area contributed by atoms with E-state index >= 15 is 0 Å². The molecule has 3 rings (SSSR count). The van der Waals surface area contributed by atoms with Crippen molar-refractivity contribution in [1.82, 2.24) is 0 Å². The molecule has 1 aliphatic carbocycles. The fourth-order valence-electron chi connectivity index (χ4n) is 2.92. The van der Waals surface area contributed by atoms with Crippen LogP contribution in [0.25, 0.3) is 0 Å². The van der Waals surface area contributed by atoms with Crippen LogP contribution < -0.4 is 5.32 Å². The summed E-state index contributed by atoms with van der Waals surface area (Å²) in [5, 5.41) is 3.09. The van der Waals surface area contributed by atoms with Gasteiger partial charge in [-0.05, 0) is 67.5 Å². The lowest BCUT2D eigenvalue weighted by atomic mass is 9.89. The van der Waals surface area contributed by atoms with Crippen LogP contribution in [0.1, 0.15) is 39.9 Å². The molecule has 0 unspecified atom stereocenters. The maximum atomic E-state index is 12.3. The van der Waals surface area contributed by atoms with Crippen LogP contribution in [0.2, 0.25) is 0 Å². The Hall–Kier alpha value is -2.09. The Balaban J connectivity index is 1.91. The maximum Gasteiger partial charge on any atom is 0.255 e. The van der Waals surface area contributed by atoms with E-state index in [0.29, 0.717) is 5.56 Å². The van der Waals surface area contributed by atoms with Crippen molar-refractivity contribution in [3.8, 4) is 0 Å². The Morgan fingerprint density at radius 1 is 1.05 bits per heavy atom. The van der Waals surface area contributed by atoms with Crippen LogP contribution in [-0.4, -0.2) is 5.91 Å². The zero-order valence-electron chi connectivity index (χ0n) is 11.8. The number of hydrogen-bond donors (Lipinski definition) is 1. The Morgan fingerprint density at radius 3 is 2.60 bits per heavy atom. The molecule has 102 valence electrons. The highest BCUT2D eigenvalue weighted by Crippen LogP contribution is 2.29. The number of aryl methyl sites for hydroxylation is 2. The van der Waals surface area contributed by atoms with Crippen molar-refractivity contribution in [2.75, 3.05) is 5.32 Å². The number of hydrogen-bond acceptors (Lipinski definition) is 1. The van der Waals surface area contributed by atoms with Gasteiger partial charge in [-0.2, -0.15) is 0 Å². The predicted octanol–water partition coefficient (Wildman–Crippen LogP) is 4.13. The smallest absolute Gasteiger partial charge is 0.255 e. The molecular weight excluding hydrogens is 246 g/mol. The second-order valence-corrected chi connectivity index (χ2v) is 5.48. The molecule has 0 bridgehead atoms. The molecule has 0 spiro atoms. The molecule has 0 saturated carbocycles. The number of amides is 1. The molecule has 0 aliphatic heterocycles. The summed E-state index contributed by atoms with van der Waals surface area (Å²) in [6.07, 6.45) is 4.66. The Kier molecular flexibility index (Phi) is 3.55. The van der Waals surface area contributed by atoms with Gasteiger partial charge in [0.1, 0.15) is 0 Å². The molecule has 1 amide bonds. The highest BCUT2D eigenvalue weighted by atomic mass is 16.1. The van der Waals surface area contributed by atoms with Gasteiger partial charge in [0.25, 0.3) is 5.91 Å². The van der Waals surface area contributed by atoms with Crippen LogP contribution in [0.4, 0.5) is 5.69 Å². The first-order chi connectivity index (χ1) is 9.74. The van der Waals surface area contributed by atoms with Crippen molar-refractivity contribution in [3.05, 3.63) is 64.7 Å². The minimum Gasteiger partial charge on any atom is -0.322 e. The van der Waals surface area contributed by atoms with E-state index in [1.807, 2.05) is 30.3 Å². The van der Waals surface area contributed by atoms with Gasteiger partial charge in [-0.15, -0.1) is 0 Å². The van der Waals surface area contributed by atoms with E-state index in [2.05, 4.69) is 24.4 Å². The lowest BCUT2D eigenvalue weighted by Gasteiger charge is -2.20. The summed E-state index contributed by atoms with van der Waals surface area (Å²) in [6.45, 7) is 2.09. The zero-order valence-corrected chi connectivity index (χ0v) is 11.8. The number of nitrogens with one attached hydrogen (secondary N) is 1. The summed E-state index contributed by atoms with van der Waals surface area (Å²) < 4.78 is 0. The molecule has 0 atom stereocenters. The van der Waals surface area contributed by atoms with Crippen LogP contribution in [0.15, 0.2) is 42.5 Å². The lowest BCUT2D eigenvalue weighted by molar-refractivity contribution is 0.102. The topological polar surface area (TPSA) is 29.1 Å². The van der Waals surface area contributed by atoms with E-state index < -0.39 is 0 Å². The Bertz CT molecular complexity index is 631. The van der Waals surface area contributed by atoms with Gasteiger partial charge >= 0.3 is 0 Å². The maximum absolute atomic E-state index is 12.3. The highest BCUT2D eigenvalue weighted by Gasteiger charge is 2.16. The van der Waals surface area contributed by atoms with Gasteiger partial charge < -0.3 is 5.32 Å². The number of fused-ring (bicyclic) bond motifs is 1. The minimum atomic E-state index is -0.0241. The van der Waals surface area contributed by atoms with E-state index in [9.17, 15) is 4.79 Å². The molecule has 0 aromatic heterocycles. The first-order valence-corrected chi connectivity index (χ1v) is 7.23. The molecule has 1 aliphatic rings. The standard InChI is InChI=1S/C18H19NO/c1-13-11-15-9-5-6-10-16(15)17(12-13)19-18(20)14-7-3-2-4-8-14/h2-4,7-8,11-12H,5-6,9-10H2,1H3,(H,19,20). The van der Waals surface area contributed by atoms with E-state index in [0.717, 1.165) is 18.5 Å². The summed E-state index contributed by atoms with van der Waals surface area (Å²) in [5.74, 6) is -0.0241. The first kappa shape index (κ1) is 12.9. The van der Waals surface area contributed by atoms with Gasteiger partial charge in [-0.1, -0.05) is 24.3 Å². The third-order valence-electron chi connectivity index (χ3n) is 3.89. The number of anilines is 1. The molecule has 0 saturated heterocycles. The number of rotatable bonds is 2.